The Hall–Kier alpha value is -1.67. The predicted molar refractivity (Wildman–Crippen MR) is 95.5 cm³/mol. The molecule has 8 nitrogen and oxygen atoms in total. The topological polar surface area (TPSA) is 91.0 Å². The minimum Gasteiger partial charge on any atom is -0.379 e. The maximum atomic E-state index is 12.8. The molecule has 1 saturated carbocycles. The van der Waals surface area contributed by atoms with Crippen molar-refractivity contribution in [2.24, 2.45) is 5.92 Å². The molecule has 0 aromatic heterocycles. The summed E-state index contributed by atoms with van der Waals surface area (Å²) in [4.78, 5) is 40.7. The monoisotopic (exact) mass is 366 g/mol. The summed E-state index contributed by atoms with van der Waals surface area (Å²) < 4.78 is 5.32. The van der Waals surface area contributed by atoms with Crippen LogP contribution in [0.1, 0.15) is 39.5 Å². The standard InChI is InChI=1S/C18H30N4O4/c1-13-3-5-18(6-4-13)16(24)22(17(25)20-18)12-15(23)19-14(2)11-21-7-9-26-10-8-21/h13-14H,3-12H2,1-2H3,(H,19,23)(H,20,25). The van der Waals surface area contributed by atoms with E-state index in [4.69, 9.17) is 4.74 Å². The number of morpholine rings is 1. The molecule has 146 valence electrons. The maximum Gasteiger partial charge on any atom is 0.325 e. The number of ether oxygens (including phenoxy) is 1. The van der Waals surface area contributed by atoms with Crippen LogP contribution in [0.5, 0.6) is 0 Å². The van der Waals surface area contributed by atoms with Crippen LogP contribution >= 0.6 is 0 Å². The van der Waals surface area contributed by atoms with E-state index < -0.39 is 11.6 Å². The van der Waals surface area contributed by atoms with Crippen molar-refractivity contribution in [1.82, 2.24) is 20.4 Å². The van der Waals surface area contributed by atoms with E-state index in [0.717, 1.165) is 37.4 Å². The van der Waals surface area contributed by atoms with Gasteiger partial charge in [0.15, 0.2) is 0 Å². The number of amides is 4. The van der Waals surface area contributed by atoms with Gasteiger partial charge in [-0.05, 0) is 38.5 Å². The van der Waals surface area contributed by atoms with Gasteiger partial charge in [0.2, 0.25) is 5.91 Å². The van der Waals surface area contributed by atoms with Gasteiger partial charge in [0.05, 0.1) is 13.2 Å². The SMILES string of the molecule is CC1CCC2(CC1)NC(=O)N(CC(=O)NC(C)CN1CCOCC1)C2=O. The second-order valence-electron chi connectivity index (χ2n) is 7.97. The lowest BCUT2D eigenvalue weighted by Gasteiger charge is -2.33. The predicted octanol–water partition coefficient (Wildman–Crippen LogP) is 0.324. The Bertz CT molecular complexity index is 553. The van der Waals surface area contributed by atoms with Crippen LogP contribution in [0.2, 0.25) is 0 Å². The van der Waals surface area contributed by atoms with Crippen molar-refractivity contribution >= 4 is 17.8 Å². The Labute approximate surface area is 154 Å². The van der Waals surface area contributed by atoms with Gasteiger partial charge in [-0.1, -0.05) is 6.92 Å². The summed E-state index contributed by atoms with van der Waals surface area (Å²) in [6.07, 6.45) is 3.15. The zero-order valence-corrected chi connectivity index (χ0v) is 15.8. The molecular weight excluding hydrogens is 336 g/mol. The minimum absolute atomic E-state index is 0.0501. The van der Waals surface area contributed by atoms with Crippen LogP contribution in [-0.4, -0.2) is 78.6 Å². The lowest BCUT2D eigenvalue weighted by molar-refractivity contribution is -0.136. The summed E-state index contributed by atoms with van der Waals surface area (Å²) >= 11 is 0. The van der Waals surface area contributed by atoms with Crippen LogP contribution in [0.15, 0.2) is 0 Å². The Kier molecular flexibility index (Phi) is 5.82. The molecule has 1 atom stereocenters. The zero-order valence-electron chi connectivity index (χ0n) is 15.8. The van der Waals surface area contributed by atoms with Crippen LogP contribution in [0.4, 0.5) is 4.79 Å². The van der Waals surface area contributed by atoms with Gasteiger partial charge in [-0.25, -0.2) is 4.79 Å². The molecule has 2 heterocycles. The fraction of sp³-hybridized carbons (Fsp3) is 0.833. The molecule has 1 aliphatic carbocycles. The van der Waals surface area contributed by atoms with E-state index in [1.807, 2.05) is 6.92 Å². The number of nitrogens with zero attached hydrogens (tertiary/aromatic N) is 2. The normalized spacial score (nSPS) is 31.2. The van der Waals surface area contributed by atoms with Gasteiger partial charge in [-0.2, -0.15) is 0 Å². The molecule has 1 spiro atoms. The Morgan fingerprint density at radius 1 is 1.31 bits per heavy atom. The second kappa shape index (κ2) is 7.92. The Morgan fingerprint density at radius 2 is 1.96 bits per heavy atom. The lowest BCUT2D eigenvalue weighted by Crippen LogP contribution is -2.51. The van der Waals surface area contributed by atoms with E-state index in [1.54, 1.807) is 0 Å². The number of hydrogen-bond acceptors (Lipinski definition) is 5. The number of hydrogen-bond donors (Lipinski definition) is 2. The molecule has 0 radical (unpaired) electrons. The Morgan fingerprint density at radius 3 is 2.62 bits per heavy atom. The summed E-state index contributed by atoms with van der Waals surface area (Å²) in [5.41, 5.74) is -0.788. The van der Waals surface area contributed by atoms with Gasteiger partial charge in [-0.3, -0.25) is 19.4 Å². The molecule has 26 heavy (non-hydrogen) atoms. The van der Waals surface area contributed by atoms with Crippen molar-refractivity contribution in [2.45, 2.75) is 51.1 Å². The third-order valence-electron chi connectivity index (χ3n) is 5.72. The van der Waals surface area contributed by atoms with E-state index >= 15 is 0 Å². The third-order valence-corrected chi connectivity index (χ3v) is 5.72. The molecule has 1 unspecified atom stereocenters. The highest BCUT2D eigenvalue weighted by Crippen LogP contribution is 2.36. The number of carbonyl (C=O) groups is 3. The van der Waals surface area contributed by atoms with E-state index in [2.05, 4.69) is 22.5 Å². The van der Waals surface area contributed by atoms with Gasteiger partial charge in [-0.15, -0.1) is 0 Å². The van der Waals surface area contributed by atoms with Crippen LogP contribution in [0.25, 0.3) is 0 Å². The first-order valence-electron chi connectivity index (χ1n) is 9.63. The largest absolute Gasteiger partial charge is 0.379 e. The maximum absolute atomic E-state index is 12.8. The van der Waals surface area contributed by atoms with E-state index in [0.29, 0.717) is 32.0 Å². The second-order valence-corrected chi connectivity index (χ2v) is 7.97. The van der Waals surface area contributed by atoms with Gasteiger partial charge < -0.3 is 15.4 Å². The molecule has 2 aliphatic heterocycles. The van der Waals surface area contributed by atoms with E-state index in [9.17, 15) is 14.4 Å². The van der Waals surface area contributed by atoms with E-state index in [1.165, 1.54) is 0 Å². The number of imide groups is 1. The fourth-order valence-electron chi connectivity index (χ4n) is 4.09. The minimum atomic E-state index is -0.788. The quantitative estimate of drug-likeness (QED) is 0.684. The first kappa shape index (κ1) is 19.1. The first-order valence-corrected chi connectivity index (χ1v) is 9.63. The molecule has 3 fully saturated rings. The highest BCUT2D eigenvalue weighted by molar-refractivity contribution is 6.09. The summed E-state index contributed by atoms with van der Waals surface area (Å²) in [5.74, 6) is 0.0320. The van der Waals surface area contributed by atoms with Crippen molar-refractivity contribution in [2.75, 3.05) is 39.4 Å². The molecule has 3 aliphatic rings. The van der Waals surface area contributed by atoms with Crippen molar-refractivity contribution in [3.8, 4) is 0 Å². The van der Waals surface area contributed by atoms with Crippen LogP contribution < -0.4 is 10.6 Å². The van der Waals surface area contributed by atoms with Gasteiger partial charge in [0.25, 0.3) is 5.91 Å². The number of rotatable bonds is 5. The molecule has 4 amide bonds. The summed E-state index contributed by atoms with van der Waals surface area (Å²) in [6, 6.07) is -0.494. The molecule has 8 heteroatoms. The average Bonchev–Trinajstić information content (AvgIpc) is 2.83. The lowest BCUT2D eigenvalue weighted by atomic mass is 9.77. The van der Waals surface area contributed by atoms with Crippen LogP contribution in [0.3, 0.4) is 0 Å². The van der Waals surface area contributed by atoms with Gasteiger partial charge >= 0.3 is 6.03 Å². The summed E-state index contributed by atoms with van der Waals surface area (Å²) in [6.45, 7) is 7.75. The molecular formula is C18H30N4O4. The highest BCUT2D eigenvalue weighted by Gasteiger charge is 2.52. The third kappa shape index (κ3) is 4.17. The van der Waals surface area contributed by atoms with Gasteiger partial charge in [0, 0.05) is 25.7 Å². The molecule has 3 rings (SSSR count). The number of urea groups is 1. The van der Waals surface area contributed by atoms with Crippen molar-refractivity contribution in [3.63, 3.8) is 0 Å². The summed E-state index contributed by atoms with van der Waals surface area (Å²) in [5, 5.41) is 5.75. The fourth-order valence-corrected chi connectivity index (χ4v) is 4.09. The van der Waals surface area contributed by atoms with Gasteiger partial charge in [0.1, 0.15) is 12.1 Å². The molecule has 0 aromatic rings. The first-order chi connectivity index (χ1) is 12.4. The van der Waals surface area contributed by atoms with Crippen LogP contribution in [0, 0.1) is 5.92 Å². The van der Waals surface area contributed by atoms with Crippen molar-refractivity contribution in [3.05, 3.63) is 0 Å². The number of nitrogens with one attached hydrogen (secondary N) is 2. The van der Waals surface area contributed by atoms with Crippen molar-refractivity contribution in [1.29, 1.82) is 0 Å². The average molecular weight is 366 g/mol. The smallest absolute Gasteiger partial charge is 0.325 e. The highest BCUT2D eigenvalue weighted by atomic mass is 16.5. The Balaban J connectivity index is 1.50. The van der Waals surface area contributed by atoms with Crippen LogP contribution in [-0.2, 0) is 14.3 Å². The molecule has 0 bridgehead atoms. The molecule has 0 aromatic carbocycles. The zero-order chi connectivity index (χ0) is 18.7. The number of carbonyl (C=O) groups excluding carboxylic acids is 3. The molecule has 2 N–H and O–H groups in total. The molecule has 2 saturated heterocycles. The van der Waals surface area contributed by atoms with Crippen molar-refractivity contribution < 1.29 is 19.1 Å². The summed E-state index contributed by atoms with van der Waals surface area (Å²) in [7, 11) is 0. The van der Waals surface area contributed by atoms with E-state index in [-0.39, 0.29) is 24.4 Å².